The molecular formula is C19H17F3N2OS. The van der Waals surface area contributed by atoms with E-state index in [1.54, 1.807) is 19.4 Å². The predicted octanol–water partition coefficient (Wildman–Crippen LogP) is 5.13. The smallest absolute Gasteiger partial charge is 0.416 e. The van der Waals surface area contributed by atoms with Gasteiger partial charge in [-0.2, -0.15) is 13.2 Å². The van der Waals surface area contributed by atoms with Crippen LogP contribution in [0, 0.1) is 0 Å². The lowest BCUT2D eigenvalue weighted by atomic mass is 10.1. The van der Waals surface area contributed by atoms with Crippen LogP contribution in [0.2, 0.25) is 0 Å². The molecule has 0 atom stereocenters. The van der Waals surface area contributed by atoms with Gasteiger partial charge >= 0.3 is 6.18 Å². The average molecular weight is 378 g/mol. The normalized spacial score (nSPS) is 11.5. The number of rotatable bonds is 6. The molecule has 2 aromatic carbocycles. The van der Waals surface area contributed by atoms with Gasteiger partial charge in [-0.1, -0.05) is 30.3 Å². The summed E-state index contributed by atoms with van der Waals surface area (Å²) >= 11 is 1.50. The molecule has 0 bridgehead atoms. The summed E-state index contributed by atoms with van der Waals surface area (Å²) in [5, 5.41) is 3.85. The summed E-state index contributed by atoms with van der Waals surface area (Å²) in [7, 11) is 1.61. The van der Waals surface area contributed by atoms with E-state index in [1.807, 2.05) is 24.3 Å². The van der Waals surface area contributed by atoms with Crippen LogP contribution in [0.4, 0.5) is 13.2 Å². The largest absolute Gasteiger partial charge is 0.497 e. The number of nitrogens with one attached hydrogen (secondary N) is 1. The van der Waals surface area contributed by atoms with E-state index in [0.717, 1.165) is 27.3 Å². The van der Waals surface area contributed by atoms with Crippen molar-refractivity contribution in [1.29, 1.82) is 0 Å². The molecule has 3 nitrogen and oxygen atoms in total. The first-order valence-corrected chi connectivity index (χ1v) is 8.74. The van der Waals surface area contributed by atoms with Crippen LogP contribution in [0.1, 0.15) is 16.1 Å². The Labute approximate surface area is 153 Å². The van der Waals surface area contributed by atoms with Gasteiger partial charge in [0.05, 0.1) is 17.6 Å². The predicted molar refractivity (Wildman–Crippen MR) is 96.1 cm³/mol. The molecule has 0 fully saturated rings. The maximum atomic E-state index is 13.0. The second-order valence-corrected chi connectivity index (χ2v) is 6.72. The highest BCUT2D eigenvalue weighted by atomic mass is 32.1. The number of ether oxygens (including phenoxy) is 1. The van der Waals surface area contributed by atoms with E-state index in [0.29, 0.717) is 6.54 Å². The molecule has 3 aromatic rings. The van der Waals surface area contributed by atoms with Crippen molar-refractivity contribution < 1.29 is 17.9 Å². The number of aromatic nitrogens is 1. The number of benzene rings is 2. The average Bonchev–Trinajstić information content (AvgIpc) is 3.10. The van der Waals surface area contributed by atoms with Crippen molar-refractivity contribution in [1.82, 2.24) is 10.3 Å². The molecule has 7 heteroatoms. The van der Waals surface area contributed by atoms with Crippen LogP contribution >= 0.6 is 11.3 Å². The van der Waals surface area contributed by atoms with Gasteiger partial charge in [0.2, 0.25) is 0 Å². The summed E-state index contributed by atoms with van der Waals surface area (Å²) in [5.74, 6) is 0.763. The minimum Gasteiger partial charge on any atom is -0.497 e. The molecule has 0 aliphatic carbocycles. The van der Waals surface area contributed by atoms with Gasteiger partial charge in [0, 0.05) is 19.3 Å². The van der Waals surface area contributed by atoms with Crippen LogP contribution in [-0.2, 0) is 19.3 Å². The van der Waals surface area contributed by atoms with Crippen LogP contribution < -0.4 is 10.1 Å². The van der Waals surface area contributed by atoms with Gasteiger partial charge in [0.1, 0.15) is 10.8 Å². The third-order valence-corrected chi connectivity index (χ3v) is 4.87. The van der Waals surface area contributed by atoms with Crippen molar-refractivity contribution in [2.45, 2.75) is 19.3 Å². The number of methoxy groups -OCH3 is 1. The zero-order chi connectivity index (χ0) is 18.6. The number of hydrogen-bond acceptors (Lipinski definition) is 4. The molecule has 1 heterocycles. The number of nitrogens with zero attached hydrogens (tertiary/aromatic N) is 1. The maximum Gasteiger partial charge on any atom is 0.416 e. The second kappa shape index (κ2) is 7.88. The molecular weight excluding hydrogens is 361 g/mol. The van der Waals surface area contributed by atoms with E-state index in [9.17, 15) is 13.2 Å². The van der Waals surface area contributed by atoms with Crippen LogP contribution in [0.5, 0.6) is 5.75 Å². The lowest BCUT2D eigenvalue weighted by molar-refractivity contribution is -0.138. The fourth-order valence-corrected chi connectivity index (χ4v) is 3.44. The first kappa shape index (κ1) is 18.4. The summed E-state index contributed by atoms with van der Waals surface area (Å²) in [6.45, 7) is 0.532. The Balaban J connectivity index is 1.64. The minimum absolute atomic E-state index is 0.129. The van der Waals surface area contributed by atoms with Gasteiger partial charge in [-0.05, 0) is 29.3 Å². The van der Waals surface area contributed by atoms with Crippen molar-refractivity contribution >= 4 is 11.3 Å². The van der Waals surface area contributed by atoms with Gasteiger partial charge in [-0.3, -0.25) is 0 Å². The Hall–Kier alpha value is -2.38. The van der Waals surface area contributed by atoms with Gasteiger partial charge in [-0.15, -0.1) is 11.3 Å². The molecule has 0 radical (unpaired) electrons. The lowest BCUT2D eigenvalue weighted by Gasteiger charge is -2.12. The van der Waals surface area contributed by atoms with Crippen LogP contribution in [0.15, 0.2) is 54.7 Å². The van der Waals surface area contributed by atoms with Crippen LogP contribution in [0.3, 0.4) is 0 Å². The maximum absolute atomic E-state index is 13.0. The fourth-order valence-electron chi connectivity index (χ4n) is 2.56. The van der Waals surface area contributed by atoms with Crippen molar-refractivity contribution in [3.63, 3.8) is 0 Å². The SMILES string of the molecule is COc1cccc(-c2cnc(CNCc3ccccc3C(F)(F)F)s2)c1. The Bertz CT molecular complexity index is 877. The van der Waals surface area contributed by atoms with Gasteiger partial charge < -0.3 is 10.1 Å². The van der Waals surface area contributed by atoms with E-state index in [2.05, 4.69) is 10.3 Å². The Kier molecular flexibility index (Phi) is 5.58. The number of hydrogen-bond donors (Lipinski definition) is 1. The molecule has 3 rings (SSSR count). The molecule has 0 unspecified atom stereocenters. The molecule has 26 heavy (non-hydrogen) atoms. The standard InChI is InChI=1S/C19H17F3N2OS/c1-25-15-7-4-6-13(9-15)17-11-24-18(26-17)12-23-10-14-5-2-3-8-16(14)19(20,21)22/h2-9,11,23H,10,12H2,1H3. The van der Waals surface area contributed by atoms with Crippen molar-refractivity contribution in [2.24, 2.45) is 0 Å². The van der Waals surface area contributed by atoms with E-state index in [1.165, 1.54) is 23.5 Å². The molecule has 0 aliphatic heterocycles. The summed E-state index contributed by atoms with van der Waals surface area (Å²) in [6, 6.07) is 13.2. The third kappa shape index (κ3) is 4.42. The van der Waals surface area contributed by atoms with Gasteiger partial charge in [-0.25, -0.2) is 4.98 Å². The van der Waals surface area contributed by atoms with Gasteiger partial charge in [0.25, 0.3) is 0 Å². The van der Waals surface area contributed by atoms with Crippen molar-refractivity contribution in [3.05, 3.63) is 70.9 Å². The molecule has 0 saturated carbocycles. The van der Waals surface area contributed by atoms with E-state index >= 15 is 0 Å². The quantitative estimate of drug-likeness (QED) is 0.646. The molecule has 0 amide bonds. The first-order chi connectivity index (χ1) is 12.5. The second-order valence-electron chi connectivity index (χ2n) is 5.61. The zero-order valence-electron chi connectivity index (χ0n) is 14.0. The Morgan fingerprint density at radius 3 is 2.65 bits per heavy atom. The molecule has 1 N–H and O–H groups in total. The fraction of sp³-hybridized carbons (Fsp3) is 0.211. The minimum atomic E-state index is -4.35. The first-order valence-electron chi connectivity index (χ1n) is 7.92. The molecule has 136 valence electrons. The Morgan fingerprint density at radius 2 is 1.88 bits per heavy atom. The molecule has 0 saturated heterocycles. The van der Waals surface area contributed by atoms with Crippen LogP contribution in [0.25, 0.3) is 10.4 Å². The highest BCUT2D eigenvalue weighted by molar-refractivity contribution is 7.15. The molecule has 0 spiro atoms. The summed E-state index contributed by atoms with van der Waals surface area (Å²) in [5.41, 5.74) is 0.615. The zero-order valence-corrected chi connectivity index (χ0v) is 14.8. The topological polar surface area (TPSA) is 34.1 Å². The highest BCUT2D eigenvalue weighted by Gasteiger charge is 2.32. The number of alkyl halides is 3. The third-order valence-electron chi connectivity index (χ3n) is 3.82. The molecule has 1 aromatic heterocycles. The van der Waals surface area contributed by atoms with E-state index < -0.39 is 11.7 Å². The van der Waals surface area contributed by atoms with E-state index in [4.69, 9.17) is 4.74 Å². The van der Waals surface area contributed by atoms with Crippen LogP contribution in [-0.4, -0.2) is 12.1 Å². The van der Waals surface area contributed by atoms with Crippen molar-refractivity contribution in [3.8, 4) is 16.2 Å². The summed E-state index contributed by atoms with van der Waals surface area (Å²) in [6.07, 6.45) is -2.58. The molecule has 0 aliphatic rings. The summed E-state index contributed by atoms with van der Waals surface area (Å²) < 4.78 is 44.2. The van der Waals surface area contributed by atoms with E-state index in [-0.39, 0.29) is 12.1 Å². The van der Waals surface area contributed by atoms with Gasteiger partial charge in [0.15, 0.2) is 0 Å². The Morgan fingerprint density at radius 1 is 1.08 bits per heavy atom. The monoisotopic (exact) mass is 378 g/mol. The highest BCUT2D eigenvalue weighted by Crippen LogP contribution is 2.32. The number of thiazole rings is 1. The van der Waals surface area contributed by atoms with Crippen molar-refractivity contribution in [2.75, 3.05) is 7.11 Å². The summed E-state index contributed by atoms with van der Waals surface area (Å²) in [4.78, 5) is 5.33. The lowest BCUT2D eigenvalue weighted by Crippen LogP contribution is -2.17. The number of halogens is 3.